The Balaban J connectivity index is 1.60. The summed E-state index contributed by atoms with van der Waals surface area (Å²) in [4.78, 5) is 37.9. The second kappa shape index (κ2) is 9.23. The maximum atomic E-state index is 12.9. The van der Waals surface area contributed by atoms with Gasteiger partial charge in [0.1, 0.15) is 0 Å². The fourth-order valence-electron chi connectivity index (χ4n) is 4.29. The molecule has 0 radical (unpaired) electrons. The number of hydrogen-bond acceptors (Lipinski definition) is 8. The van der Waals surface area contributed by atoms with Crippen LogP contribution in [0.5, 0.6) is 0 Å². The Morgan fingerprint density at radius 3 is 2.50 bits per heavy atom. The number of amides is 2. The van der Waals surface area contributed by atoms with Crippen molar-refractivity contribution in [2.75, 3.05) is 39.5 Å². The molecule has 2 amide bonds. The van der Waals surface area contributed by atoms with Gasteiger partial charge < -0.3 is 24.8 Å². The van der Waals surface area contributed by atoms with Crippen LogP contribution in [-0.2, 0) is 19.0 Å². The molecule has 2 saturated heterocycles. The first kappa shape index (κ1) is 22.2. The fraction of sp³-hybridized carbons (Fsp3) is 0.524. The zero-order valence-corrected chi connectivity index (χ0v) is 17.8. The number of benzene rings is 1. The van der Waals surface area contributed by atoms with Crippen LogP contribution >= 0.6 is 0 Å². The van der Waals surface area contributed by atoms with E-state index < -0.39 is 28.8 Å². The number of nitro groups is 1. The largest absolute Gasteiger partial charge is 0.463 e. The molecule has 3 aliphatic rings. The monoisotopic (exact) mass is 446 g/mol. The number of esters is 1. The van der Waals surface area contributed by atoms with Gasteiger partial charge in [-0.05, 0) is 24.6 Å². The van der Waals surface area contributed by atoms with Gasteiger partial charge in [0.2, 0.25) is 0 Å². The number of carbonyl (C=O) groups is 2. The topological polar surface area (TPSA) is 132 Å². The molecule has 1 aromatic carbocycles. The quantitative estimate of drug-likeness (QED) is 0.383. The number of ether oxygens (including phenoxy) is 3. The molecule has 1 spiro atoms. The summed E-state index contributed by atoms with van der Waals surface area (Å²) in [7, 11) is 0. The minimum absolute atomic E-state index is 0.0745. The van der Waals surface area contributed by atoms with E-state index in [1.54, 1.807) is 6.92 Å². The Bertz CT molecular complexity index is 915. The molecule has 32 heavy (non-hydrogen) atoms. The maximum Gasteiger partial charge on any atom is 0.338 e. The van der Waals surface area contributed by atoms with Gasteiger partial charge in [0.05, 0.1) is 36.4 Å². The molecule has 11 nitrogen and oxygen atoms in total. The highest BCUT2D eigenvalue weighted by Crippen LogP contribution is 2.33. The molecule has 172 valence electrons. The van der Waals surface area contributed by atoms with Gasteiger partial charge in [-0.1, -0.05) is 0 Å². The second-order valence-electron chi connectivity index (χ2n) is 7.88. The summed E-state index contributed by atoms with van der Waals surface area (Å²) < 4.78 is 16.8. The van der Waals surface area contributed by atoms with E-state index in [0.29, 0.717) is 57.0 Å². The lowest BCUT2D eigenvalue weighted by atomic mass is 9.94. The Labute approximate surface area is 184 Å². The lowest BCUT2D eigenvalue weighted by molar-refractivity contribution is -0.384. The van der Waals surface area contributed by atoms with Crippen molar-refractivity contribution in [2.45, 2.75) is 31.6 Å². The molecule has 0 bridgehead atoms. The summed E-state index contributed by atoms with van der Waals surface area (Å²) in [6.07, 6.45) is 1.40. The molecule has 1 unspecified atom stereocenters. The van der Waals surface area contributed by atoms with E-state index in [0.717, 1.165) is 0 Å². The highest BCUT2D eigenvalue weighted by molar-refractivity contribution is 5.95. The highest BCUT2D eigenvalue weighted by atomic mass is 16.7. The molecule has 1 aromatic rings. The van der Waals surface area contributed by atoms with Gasteiger partial charge in [-0.3, -0.25) is 15.0 Å². The summed E-state index contributed by atoms with van der Waals surface area (Å²) >= 11 is 0. The number of nitro benzene ring substituents is 1. The molecule has 1 atom stereocenters. The van der Waals surface area contributed by atoms with Crippen LogP contribution in [0.3, 0.4) is 0 Å². The van der Waals surface area contributed by atoms with E-state index in [1.807, 2.05) is 0 Å². The van der Waals surface area contributed by atoms with Crippen LogP contribution in [-0.4, -0.2) is 67.1 Å². The van der Waals surface area contributed by atoms with E-state index in [4.69, 9.17) is 14.2 Å². The van der Waals surface area contributed by atoms with Gasteiger partial charge in [0.25, 0.3) is 5.69 Å². The third kappa shape index (κ3) is 4.59. The van der Waals surface area contributed by atoms with Gasteiger partial charge >= 0.3 is 12.0 Å². The lowest BCUT2D eigenvalue weighted by Gasteiger charge is -2.39. The van der Waals surface area contributed by atoms with Gasteiger partial charge in [-0.15, -0.1) is 0 Å². The standard InChI is InChI=1S/C21H26N4O7/c1-2-30-19(26)17-16(13-24-9-7-21(8-10-24)31-11-12-32-21)22-20(27)23-18(17)14-3-5-15(6-4-14)25(28)29/h3-6,18H,2,7-13H2,1H3,(H2,22,23,27). The van der Waals surface area contributed by atoms with Gasteiger partial charge in [0.15, 0.2) is 5.79 Å². The lowest BCUT2D eigenvalue weighted by Crippen LogP contribution is -2.51. The van der Waals surface area contributed by atoms with Crippen LogP contribution in [0.25, 0.3) is 0 Å². The number of nitrogens with zero attached hydrogens (tertiary/aromatic N) is 2. The molecule has 2 fully saturated rings. The van der Waals surface area contributed by atoms with E-state index in [9.17, 15) is 19.7 Å². The fourth-order valence-corrected chi connectivity index (χ4v) is 4.29. The normalized spacial score (nSPS) is 23.0. The SMILES string of the molecule is CCOC(=O)C1=C(CN2CCC3(CC2)OCCO3)NC(=O)NC1c1ccc([N+](=O)[O-])cc1. The number of nitrogens with one attached hydrogen (secondary N) is 2. The van der Waals surface area contributed by atoms with Crippen molar-refractivity contribution >= 4 is 17.7 Å². The van der Waals surface area contributed by atoms with E-state index in [-0.39, 0.29) is 17.9 Å². The Morgan fingerprint density at radius 2 is 1.91 bits per heavy atom. The smallest absolute Gasteiger partial charge is 0.338 e. The molecule has 0 saturated carbocycles. The molecular weight excluding hydrogens is 420 g/mol. The van der Waals surface area contributed by atoms with Crippen molar-refractivity contribution in [3.05, 3.63) is 51.2 Å². The van der Waals surface area contributed by atoms with E-state index in [1.165, 1.54) is 24.3 Å². The van der Waals surface area contributed by atoms with Crippen molar-refractivity contribution in [3.63, 3.8) is 0 Å². The maximum absolute atomic E-state index is 12.9. The molecule has 11 heteroatoms. The average Bonchev–Trinajstić information content (AvgIpc) is 3.23. The molecule has 4 rings (SSSR count). The van der Waals surface area contributed by atoms with Crippen molar-refractivity contribution in [1.29, 1.82) is 0 Å². The van der Waals surface area contributed by atoms with Gasteiger partial charge in [0, 0.05) is 50.3 Å². The van der Waals surface area contributed by atoms with Crippen molar-refractivity contribution in [3.8, 4) is 0 Å². The summed E-state index contributed by atoms with van der Waals surface area (Å²) in [6.45, 7) is 4.79. The summed E-state index contributed by atoms with van der Waals surface area (Å²) in [6, 6.07) is 4.52. The van der Waals surface area contributed by atoms with Crippen LogP contribution in [0.15, 0.2) is 35.5 Å². The summed E-state index contributed by atoms with van der Waals surface area (Å²) in [5, 5.41) is 16.5. The first-order valence-electron chi connectivity index (χ1n) is 10.6. The van der Waals surface area contributed by atoms with Crippen LogP contribution in [0.1, 0.15) is 31.4 Å². The molecule has 3 heterocycles. The zero-order valence-electron chi connectivity index (χ0n) is 17.8. The summed E-state index contributed by atoms with van der Waals surface area (Å²) in [5.74, 6) is -1.07. The third-order valence-electron chi connectivity index (χ3n) is 5.90. The highest BCUT2D eigenvalue weighted by Gasteiger charge is 2.41. The number of urea groups is 1. The van der Waals surface area contributed by atoms with Crippen LogP contribution in [0.4, 0.5) is 10.5 Å². The minimum atomic E-state index is -0.781. The van der Waals surface area contributed by atoms with Crippen molar-refractivity contribution < 1.29 is 28.7 Å². The second-order valence-corrected chi connectivity index (χ2v) is 7.88. The number of rotatable bonds is 6. The average molecular weight is 446 g/mol. The first-order valence-corrected chi connectivity index (χ1v) is 10.6. The molecule has 2 N–H and O–H groups in total. The molecule has 0 aliphatic carbocycles. The Hall–Kier alpha value is -3.02. The first-order chi connectivity index (χ1) is 15.4. The van der Waals surface area contributed by atoms with E-state index in [2.05, 4.69) is 15.5 Å². The Morgan fingerprint density at radius 1 is 1.25 bits per heavy atom. The van der Waals surface area contributed by atoms with Crippen LogP contribution in [0.2, 0.25) is 0 Å². The van der Waals surface area contributed by atoms with Gasteiger partial charge in [-0.2, -0.15) is 0 Å². The number of likely N-dealkylation sites (tertiary alicyclic amines) is 1. The Kier molecular flexibility index (Phi) is 6.40. The van der Waals surface area contributed by atoms with Crippen molar-refractivity contribution in [1.82, 2.24) is 15.5 Å². The zero-order chi connectivity index (χ0) is 22.7. The molecule has 3 aliphatic heterocycles. The molecular formula is C21H26N4O7. The van der Waals surface area contributed by atoms with E-state index >= 15 is 0 Å². The summed E-state index contributed by atoms with van der Waals surface area (Å²) in [5.41, 5.74) is 1.22. The number of hydrogen-bond donors (Lipinski definition) is 2. The third-order valence-corrected chi connectivity index (χ3v) is 5.90. The number of piperidine rings is 1. The molecule has 0 aromatic heterocycles. The van der Waals surface area contributed by atoms with Crippen LogP contribution in [0, 0.1) is 10.1 Å². The number of carbonyl (C=O) groups excluding carboxylic acids is 2. The predicted molar refractivity (Wildman–Crippen MR) is 111 cm³/mol. The van der Waals surface area contributed by atoms with Gasteiger partial charge in [-0.25, -0.2) is 9.59 Å². The number of non-ortho nitro benzene ring substituents is 1. The van der Waals surface area contributed by atoms with Crippen molar-refractivity contribution in [2.24, 2.45) is 0 Å². The predicted octanol–water partition coefficient (Wildman–Crippen LogP) is 1.60. The van der Waals surface area contributed by atoms with Crippen LogP contribution < -0.4 is 10.6 Å². The minimum Gasteiger partial charge on any atom is -0.463 e.